The number of hydrogen-bond acceptors (Lipinski definition) is 4. The molecule has 2 rings (SSSR count). The lowest BCUT2D eigenvalue weighted by atomic mass is 10.1. The number of rotatable bonds is 7. The molecular weight excluding hydrogens is 342 g/mol. The van der Waals surface area contributed by atoms with E-state index >= 15 is 0 Å². The fourth-order valence-electron chi connectivity index (χ4n) is 2.91. The highest BCUT2D eigenvalue weighted by atomic mass is 32.2. The Bertz CT molecular complexity index is 710. The van der Waals surface area contributed by atoms with Crippen molar-refractivity contribution in [1.82, 2.24) is 9.62 Å². The van der Waals surface area contributed by atoms with Gasteiger partial charge in [0.2, 0.25) is 21.8 Å². The number of sulfonamides is 1. The molecule has 0 atom stereocenters. The van der Waals surface area contributed by atoms with Crippen molar-refractivity contribution in [1.29, 1.82) is 0 Å². The first-order valence-corrected chi connectivity index (χ1v) is 9.84. The molecule has 1 aliphatic rings. The van der Waals surface area contributed by atoms with Gasteiger partial charge in [-0.15, -0.1) is 0 Å². The second-order valence-corrected chi connectivity index (χ2v) is 8.47. The number of nitrogens with one attached hydrogen (secondary N) is 2. The number of nitrogens with zero attached hydrogens (tertiary/aromatic N) is 1. The second-order valence-electron chi connectivity index (χ2n) is 6.42. The molecule has 1 aromatic carbocycles. The first kappa shape index (κ1) is 19.4. The van der Waals surface area contributed by atoms with Crippen LogP contribution < -0.4 is 10.6 Å². The van der Waals surface area contributed by atoms with Crippen molar-refractivity contribution in [3.8, 4) is 0 Å². The second kappa shape index (κ2) is 8.44. The molecule has 0 aliphatic heterocycles. The third-order valence-electron chi connectivity index (χ3n) is 4.31. The normalized spacial score (nSPS) is 15.3. The number of amides is 2. The highest BCUT2D eigenvalue weighted by molar-refractivity contribution is 7.89. The molecule has 0 spiro atoms. The molecule has 1 fully saturated rings. The van der Waals surface area contributed by atoms with Crippen LogP contribution in [0.25, 0.3) is 0 Å². The van der Waals surface area contributed by atoms with Crippen LogP contribution in [0.5, 0.6) is 0 Å². The van der Waals surface area contributed by atoms with Gasteiger partial charge >= 0.3 is 0 Å². The van der Waals surface area contributed by atoms with Gasteiger partial charge in [0, 0.05) is 26.2 Å². The smallest absolute Gasteiger partial charge is 0.243 e. The van der Waals surface area contributed by atoms with E-state index in [0.717, 1.165) is 17.1 Å². The van der Waals surface area contributed by atoms with Gasteiger partial charge in [-0.25, -0.2) is 8.42 Å². The molecule has 0 saturated heterocycles. The summed E-state index contributed by atoms with van der Waals surface area (Å²) in [5.41, 5.74) is 0.517. The quantitative estimate of drug-likeness (QED) is 0.765. The van der Waals surface area contributed by atoms with Crippen LogP contribution in [0.2, 0.25) is 0 Å². The minimum absolute atomic E-state index is 0.0766. The predicted octanol–water partition coefficient (Wildman–Crippen LogP) is 1.57. The number of carbonyl (C=O) groups is 2. The summed E-state index contributed by atoms with van der Waals surface area (Å²) in [6.45, 7) is 1.77. The van der Waals surface area contributed by atoms with Crippen molar-refractivity contribution in [3.05, 3.63) is 24.3 Å². The first-order valence-electron chi connectivity index (χ1n) is 8.39. The van der Waals surface area contributed by atoms with Gasteiger partial charge in [0.25, 0.3) is 0 Å². The summed E-state index contributed by atoms with van der Waals surface area (Å²) in [5.74, 6) is -0.0216. The summed E-state index contributed by atoms with van der Waals surface area (Å²) in [5, 5.41) is 5.39. The van der Waals surface area contributed by atoms with E-state index in [-0.39, 0.29) is 23.3 Å². The molecule has 0 unspecified atom stereocenters. The van der Waals surface area contributed by atoms with E-state index in [2.05, 4.69) is 10.6 Å². The van der Waals surface area contributed by atoms with E-state index in [1.807, 2.05) is 0 Å². The lowest BCUT2D eigenvalue weighted by molar-refractivity contribution is -0.121. The van der Waals surface area contributed by atoms with E-state index < -0.39 is 10.0 Å². The van der Waals surface area contributed by atoms with Gasteiger partial charge in [0.15, 0.2) is 0 Å². The summed E-state index contributed by atoms with van der Waals surface area (Å²) in [4.78, 5) is 23.1. The Balaban J connectivity index is 1.92. The zero-order valence-electron chi connectivity index (χ0n) is 14.6. The van der Waals surface area contributed by atoms with E-state index in [0.29, 0.717) is 18.2 Å². The molecular formula is C17H25N3O4S. The van der Waals surface area contributed by atoms with Crippen molar-refractivity contribution >= 4 is 27.5 Å². The third kappa shape index (κ3) is 5.54. The minimum Gasteiger partial charge on any atom is -0.355 e. The topological polar surface area (TPSA) is 95.6 Å². The van der Waals surface area contributed by atoms with E-state index in [4.69, 9.17) is 0 Å². The van der Waals surface area contributed by atoms with Crippen LogP contribution in [0.4, 0.5) is 5.69 Å². The Morgan fingerprint density at radius 3 is 2.32 bits per heavy atom. The molecule has 0 heterocycles. The standard InChI is InChI=1S/C17H25N3O4S/c1-13(21)19-15-7-9-16(10-8-15)25(23,24)20(2)12-17(22)18-11-14-5-3-4-6-14/h7-10,14H,3-6,11-12H2,1-2H3,(H,18,22)(H,19,21). The average Bonchev–Trinajstić information content (AvgIpc) is 3.06. The molecule has 2 N–H and O–H groups in total. The van der Waals surface area contributed by atoms with Gasteiger partial charge in [-0.3, -0.25) is 9.59 Å². The van der Waals surface area contributed by atoms with Crippen molar-refractivity contribution < 1.29 is 18.0 Å². The predicted molar refractivity (Wildman–Crippen MR) is 95.5 cm³/mol. The average molecular weight is 367 g/mol. The Kier molecular flexibility index (Phi) is 6.55. The highest BCUT2D eigenvalue weighted by Gasteiger charge is 2.23. The molecule has 0 bridgehead atoms. The number of likely N-dealkylation sites (N-methyl/N-ethyl adjacent to an activating group) is 1. The van der Waals surface area contributed by atoms with Crippen LogP contribution in [0.3, 0.4) is 0 Å². The SMILES string of the molecule is CC(=O)Nc1ccc(S(=O)(=O)N(C)CC(=O)NCC2CCCC2)cc1. The Morgan fingerprint density at radius 1 is 1.16 bits per heavy atom. The van der Waals surface area contributed by atoms with E-state index in [9.17, 15) is 18.0 Å². The maximum atomic E-state index is 12.5. The van der Waals surface area contributed by atoms with Gasteiger partial charge in [-0.1, -0.05) is 12.8 Å². The highest BCUT2D eigenvalue weighted by Crippen LogP contribution is 2.23. The Labute approximate surface area is 148 Å². The molecule has 7 nitrogen and oxygen atoms in total. The molecule has 25 heavy (non-hydrogen) atoms. The minimum atomic E-state index is -3.76. The van der Waals surface area contributed by atoms with Crippen molar-refractivity contribution in [3.63, 3.8) is 0 Å². The maximum Gasteiger partial charge on any atom is 0.243 e. The number of hydrogen-bond donors (Lipinski definition) is 2. The first-order chi connectivity index (χ1) is 11.8. The van der Waals surface area contributed by atoms with Gasteiger partial charge < -0.3 is 10.6 Å². The summed E-state index contributed by atoms with van der Waals surface area (Å²) >= 11 is 0. The van der Waals surface area contributed by atoms with Gasteiger partial charge in [0.1, 0.15) is 0 Å². The van der Waals surface area contributed by atoms with Crippen LogP contribution in [0.15, 0.2) is 29.2 Å². The van der Waals surface area contributed by atoms with E-state index in [1.54, 1.807) is 0 Å². The monoisotopic (exact) mass is 367 g/mol. The largest absolute Gasteiger partial charge is 0.355 e. The van der Waals surface area contributed by atoms with Crippen molar-refractivity contribution in [2.45, 2.75) is 37.5 Å². The molecule has 1 saturated carbocycles. The molecule has 2 amide bonds. The zero-order chi connectivity index (χ0) is 18.4. The number of anilines is 1. The van der Waals surface area contributed by atoms with Gasteiger partial charge in [-0.05, 0) is 43.0 Å². The summed E-state index contributed by atoms with van der Waals surface area (Å²) in [6.07, 6.45) is 4.64. The number of carbonyl (C=O) groups excluding carboxylic acids is 2. The fourth-order valence-corrected chi connectivity index (χ4v) is 4.04. The Morgan fingerprint density at radius 2 is 1.76 bits per heavy atom. The fraction of sp³-hybridized carbons (Fsp3) is 0.529. The third-order valence-corrected chi connectivity index (χ3v) is 6.13. The molecule has 0 radical (unpaired) electrons. The van der Waals surface area contributed by atoms with Crippen LogP contribution in [-0.2, 0) is 19.6 Å². The van der Waals surface area contributed by atoms with Crippen LogP contribution in [0, 0.1) is 5.92 Å². The molecule has 138 valence electrons. The summed E-state index contributed by atoms with van der Waals surface area (Å²) in [6, 6.07) is 5.85. The number of benzene rings is 1. The molecule has 0 aromatic heterocycles. The van der Waals surface area contributed by atoms with E-state index in [1.165, 1.54) is 51.1 Å². The molecule has 1 aromatic rings. The Hall–Kier alpha value is -1.93. The molecule has 8 heteroatoms. The van der Waals surface area contributed by atoms with Crippen LogP contribution >= 0.6 is 0 Å². The summed E-state index contributed by atoms with van der Waals surface area (Å²) < 4.78 is 26.1. The lowest BCUT2D eigenvalue weighted by Crippen LogP contribution is -2.39. The lowest BCUT2D eigenvalue weighted by Gasteiger charge is -2.18. The van der Waals surface area contributed by atoms with Crippen molar-refractivity contribution in [2.75, 3.05) is 25.5 Å². The van der Waals surface area contributed by atoms with Crippen molar-refractivity contribution in [2.24, 2.45) is 5.92 Å². The maximum absolute atomic E-state index is 12.5. The van der Waals surface area contributed by atoms with Crippen LogP contribution in [-0.4, -0.2) is 44.7 Å². The molecule has 1 aliphatic carbocycles. The van der Waals surface area contributed by atoms with Gasteiger partial charge in [-0.2, -0.15) is 4.31 Å². The zero-order valence-corrected chi connectivity index (χ0v) is 15.4. The van der Waals surface area contributed by atoms with Gasteiger partial charge in [0.05, 0.1) is 11.4 Å². The summed E-state index contributed by atoms with van der Waals surface area (Å²) in [7, 11) is -2.38. The van der Waals surface area contributed by atoms with Crippen LogP contribution in [0.1, 0.15) is 32.6 Å².